The molecule has 78 valence electrons. The maximum atomic E-state index is 11.2. The average molecular weight is 204 g/mol. The van der Waals surface area contributed by atoms with Gasteiger partial charge in [-0.25, -0.2) is 4.98 Å². The van der Waals surface area contributed by atoms with Crippen LogP contribution in [0.5, 0.6) is 0 Å². The van der Waals surface area contributed by atoms with Crippen molar-refractivity contribution in [2.45, 2.75) is 19.8 Å². The number of hydrogen-bond acceptors (Lipinski definition) is 3. The minimum atomic E-state index is -0.0826. The lowest BCUT2D eigenvalue weighted by Crippen LogP contribution is -2.06. The minimum absolute atomic E-state index is 0.0826. The molecule has 0 atom stereocenters. The molecule has 0 fully saturated rings. The van der Waals surface area contributed by atoms with E-state index in [9.17, 15) is 4.79 Å². The van der Waals surface area contributed by atoms with Gasteiger partial charge >= 0.3 is 0 Å². The third-order valence-electron chi connectivity index (χ3n) is 2.31. The summed E-state index contributed by atoms with van der Waals surface area (Å²) in [5.41, 5.74) is 0.564. The molecule has 2 rings (SSSR count). The summed E-state index contributed by atoms with van der Waals surface area (Å²) in [5.74, 6) is 1.08. The third kappa shape index (κ3) is 1.48. The quantitative estimate of drug-likeness (QED) is 0.748. The molecular weight excluding hydrogens is 192 g/mol. The Kier molecular flexibility index (Phi) is 2.19. The van der Waals surface area contributed by atoms with E-state index in [1.54, 1.807) is 6.20 Å². The highest BCUT2D eigenvalue weighted by Crippen LogP contribution is 2.10. The molecule has 0 spiro atoms. The Morgan fingerprint density at radius 3 is 2.87 bits per heavy atom. The Morgan fingerprint density at radius 2 is 2.27 bits per heavy atom. The number of hydrogen-bond donors (Lipinski definition) is 1. The van der Waals surface area contributed by atoms with Gasteiger partial charge in [-0.05, 0) is 0 Å². The zero-order chi connectivity index (χ0) is 11.0. The number of nitrogens with zero attached hydrogens (tertiary/aromatic N) is 2. The van der Waals surface area contributed by atoms with Gasteiger partial charge in [0.1, 0.15) is 17.4 Å². The lowest BCUT2D eigenvalue weighted by molar-refractivity contribution is 0.539. The number of aromatic nitrogens is 2. The minimum Gasteiger partial charge on any atom is -0.513 e. The van der Waals surface area contributed by atoms with Crippen molar-refractivity contribution in [2.24, 2.45) is 0 Å². The molecule has 4 nitrogen and oxygen atoms in total. The van der Waals surface area contributed by atoms with Crippen LogP contribution in [0.1, 0.15) is 25.6 Å². The van der Waals surface area contributed by atoms with Gasteiger partial charge in [0.05, 0.1) is 5.52 Å². The van der Waals surface area contributed by atoms with Gasteiger partial charge in [0.2, 0.25) is 0 Å². The molecule has 2 aromatic rings. The standard InChI is InChI=1S/C11H12N2O2/c1-7(2)11-12-9(6-14)10-5-8(15)3-4-13(10)11/h3-7,14H,1-2H3/b9-6+. The molecule has 0 aliphatic heterocycles. The summed E-state index contributed by atoms with van der Waals surface area (Å²) in [6, 6.07) is 2.96. The van der Waals surface area contributed by atoms with Gasteiger partial charge in [0, 0.05) is 24.2 Å². The van der Waals surface area contributed by atoms with E-state index in [1.807, 2.05) is 18.2 Å². The predicted molar refractivity (Wildman–Crippen MR) is 57.9 cm³/mol. The van der Waals surface area contributed by atoms with E-state index in [4.69, 9.17) is 5.11 Å². The first-order valence-corrected chi connectivity index (χ1v) is 4.80. The first kappa shape index (κ1) is 9.71. The van der Waals surface area contributed by atoms with E-state index in [2.05, 4.69) is 4.98 Å². The number of imidazole rings is 1. The molecular formula is C11H12N2O2. The van der Waals surface area contributed by atoms with Crippen LogP contribution >= 0.6 is 0 Å². The summed E-state index contributed by atoms with van der Waals surface area (Å²) in [5, 5.41) is 9.46. The lowest BCUT2D eigenvalue weighted by atomic mass is 10.2. The topological polar surface area (TPSA) is 54.6 Å². The van der Waals surface area contributed by atoms with E-state index < -0.39 is 0 Å². The van der Waals surface area contributed by atoms with Crippen molar-refractivity contribution in [1.82, 2.24) is 9.38 Å². The smallest absolute Gasteiger partial charge is 0.182 e. The van der Waals surface area contributed by atoms with Crippen molar-refractivity contribution in [3.05, 3.63) is 39.7 Å². The zero-order valence-electron chi connectivity index (χ0n) is 8.64. The Morgan fingerprint density at radius 1 is 1.53 bits per heavy atom. The van der Waals surface area contributed by atoms with Crippen LogP contribution in [0.2, 0.25) is 0 Å². The Labute approximate surface area is 86.5 Å². The van der Waals surface area contributed by atoms with Gasteiger partial charge in [-0.1, -0.05) is 13.8 Å². The van der Waals surface area contributed by atoms with Crippen molar-refractivity contribution in [2.75, 3.05) is 0 Å². The summed E-state index contributed by atoms with van der Waals surface area (Å²) in [6.07, 6.45) is 2.62. The second kappa shape index (κ2) is 3.38. The van der Waals surface area contributed by atoms with Crippen molar-refractivity contribution < 1.29 is 5.11 Å². The SMILES string of the molecule is CC(C)c1n/c(=C/O)c2cc(=O)ccn12. The highest BCUT2D eigenvalue weighted by molar-refractivity contribution is 5.49. The fourth-order valence-corrected chi connectivity index (χ4v) is 1.61. The molecule has 1 N–H and O–H groups in total. The van der Waals surface area contributed by atoms with E-state index in [-0.39, 0.29) is 11.3 Å². The molecule has 0 aromatic carbocycles. The first-order chi connectivity index (χ1) is 7.13. The van der Waals surface area contributed by atoms with Crippen LogP contribution in [0.4, 0.5) is 0 Å². The Bertz CT molecular complexity index is 599. The Balaban J connectivity index is 2.94. The van der Waals surface area contributed by atoms with Gasteiger partial charge in [-0.2, -0.15) is 0 Å². The number of pyridine rings is 1. The number of aliphatic hydroxyl groups is 1. The third-order valence-corrected chi connectivity index (χ3v) is 2.31. The van der Waals surface area contributed by atoms with Gasteiger partial charge in [0.15, 0.2) is 5.43 Å². The Hall–Kier alpha value is -1.84. The summed E-state index contributed by atoms with van der Waals surface area (Å²) < 4.78 is 1.83. The summed E-state index contributed by atoms with van der Waals surface area (Å²) in [7, 11) is 0. The van der Waals surface area contributed by atoms with E-state index in [0.717, 1.165) is 12.1 Å². The van der Waals surface area contributed by atoms with Crippen LogP contribution in [0.15, 0.2) is 23.1 Å². The zero-order valence-corrected chi connectivity index (χ0v) is 8.64. The average Bonchev–Trinajstić information content (AvgIpc) is 2.55. The summed E-state index contributed by atoms with van der Waals surface area (Å²) in [6.45, 7) is 4.03. The van der Waals surface area contributed by atoms with Gasteiger partial charge in [-0.15, -0.1) is 0 Å². The van der Waals surface area contributed by atoms with Crippen LogP contribution in [0.3, 0.4) is 0 Å². The second-order valence-electron chi connectivity index (χ2n) is 3.76. The molecule has 0 unspecified atom stereocenters. The highest BCUT2D eigenvalue weighted by atomic mass is 16.2. The number of aliphatic hydroxyl groups excluding tert-OH is 1. The number of fused-ring (bicyclic) bond motifs is 1. The summed E-state index contributed by atoms with van der Waals surface area (Å²) in [4.78, 5) is 15.5. The molecule has 2 aromatic heterocycles. The maximum absolute atomic E-state index is 11.2. The molecule has 0 aliphatic rings. The molecule has 15 heavy (non-hydrogen) atoms. The van der Waals surface area contributed by atoms with E-state index in [1.165, 1.54) is 12.1 Å². The predicted octanol–water partition coefficient (Wildman–Crippen LogP) is 0.833. The summed E-state index contributed by atoms with van der Waals surface area (Å²) >= 11 is 0. The molecule has 2 heterocycles. The molecule has 4 heteroatoms. The van der Waals surface area contributed by atoms with Crippen LogP contribution in [-0.2, 0) is 0 Å². The monoisotopic (exact) mass is 204 g/mol. The largest absolute Gasteiger partial charge is 0.513 e. The van der Waals surface area contributed by atoms with Crippen molar-refractivity contribution in [1.29, 1.82) is 0 Å². The van der Waals surface area contributed by atoms with Crippen LogP contribution in [0, 0.1) is 0 Å². The van der Waals surface area contributed by atoms with Gasteiger partial charge in [0.25, 0.3) is 0 Å². The van der Waals surface area contributed by atoms with Crippen LogP contribution in [0.25, 0.3) is 11.8 Å². The van der Waals surface area contributed by atoms with Crippen LogP contribution in [-0.4, -0.2) is 14.5 Å². The molecule has 0 saturated carbocycles. The van der Waals surface area contributed by atoms with Crippen molar-refractivity contribution in [3.63, 3.8) is 0 Å². The van der Waals surface area contributed by atoms with Crippen molar-refractivity contribution >= 4 is 11.8 Å². The fraction of sp³-hybridized carbons (Fsp3) is 0.273. The number of rotatable bonds is 1. The highest BCUT2D eigenvalue weighted by Gasteiger charge is 2.09. The molecule has 0 aliphatic carbocycles. The maximum Gasteiger partial charge on any atom is 0.182 e. The van der Waals surface area contributed by atoms with E-state index in [0.29, 0.717) is 10.9 Å². The second-order valence-corrected chi connectivity index (χ2v) is 3.76. The molecule has 0 bridgehead atoms. The van der Waals surface area contributed by atoms with Gasteiger partial charge < -0.3 is 9.51 Å². The first-order valence-electron chi connectivity index (χ1n) is 4.80. The normalized spacial score (nSPS) is 12.9. The van der Waals surface area contributed by atoms with Gasteiger partial charge in [-0.3, -0.25) is 4.79 Å². The van der Waals surface area contributed by atoms with Crippen LogP contribution < -0.4 is 10.8 Å². The van der Waals surface area contributed by atoms with Crippen molar-refractivity contribution in [3.8, 4) is 0 Å². The fourth-order valence-electron chi connectivity index (χ4n) is 1.61. The molecule has 0 radical (unpaired) electrons. The molecule has 0 saturated heterocycles. The van der Waals surface area contributed by atoms with E-state index >= 15 is 0 Å². The lowest BCUT2D eigenvalue weighted by Gasteiger charge is -2.02. The molecule has 0 amide bonds.